The van der Waals surface area contributed by atoms with E-state index in [9.17, 15) is 16.8 Å². The van der Waals surface area contributed by atoms with Crippen LogP contribution in [0.4, 0.5) is 0 Å². The lowest BCUT2D eigenvalue weighted by atomic mass is 10.2. The normalized spacial score (nSPS) is 16.9. The topological polar surface area (TPSA) is 105 Å². The maximum absolute atomic E-state index is 11.8. The maximum atomic E-state index is 11.8. The molecular weight excluding hydrogens is 477 g/mol. The average molecular weight is 521 g/mol. The molecule has 0 fully saturated rings. The van der Waals surface area contributed by atoms with Gasteiger partial charge in [-0.05, 0) is 36.3 Å². The Morgan fingerprint density at radius 2 is 0.903 bits per heavy atom. The summed E-state index contributed by atoms with van der Waals surface area (Å²) in [5.74, 6) is 0. The molecule has 0 N–H and O–H groups in total. The van der Waals surface area contributed by atoms with E-state index in [2.05, 4.69) is 67.7 Å². The van der Waals surface area contributed by atoms with Gasteiger partial charge in [0.1, 0.15) is 12.2 Å². The van der Waals surface area contributed by atoms with Crippen molar-refractivity contribution in [2.75, 3.05) is 25.7 Å². The Kier molecular flexibility index (Phi) is 10.7. The van der Waals surface area contributed by atoms with E-state index in [4.69, 9.17) is 17.2 Å². The Hall–Kier alpha value is 0.174. The summed E-state index contributed by atoms with van der Waals surface area (Å²) in [7, 11) is -11.9. The summed E-state index contributed by atoms with van der Waals surface area (Å²) in [4.78, 5) is 0. The Balaban J connectivity index is 5.62. The van der Waals surface area contributed by atoms with Gasteiger partial charge in [0.2, 0.25) is 0 Å². The first-order chi connectivity index (χ1) is 13.4. The molecule has 0 aromatic rings. The van der Waals surface area contributed by atoms with E-state index in [1.54, 1.807) is 0 Å². The molecule has 0 aliphatic rings. The highest BCUT2D eigenvalue weighted by Crippen LogP contribution is 2.38. The Morgan fingerprint density at radius 3 is 1.10 bits per heavy atom. The number of hydrogen-bond acceptors (Lipinski definition) is 8. The quantitative estimate of drug-likeness (QED) is 0.280. The largest absolute Gasteiger partial charge is 0.414 e. The zero-order chi connectivity index (χ0) is 25.1. The van der Waals surface area contributed by atoms with E-state index in [0.717, 1.165) is 12.5 Å². The molecule has 0 heterocycles. The fraction of sp³-hybridized carbons (Fsp3) is 1.00. The third-order valence-corrected chi connectivity index (χ3v) is 16.3. The van der Waals surface area contributed by atoms with Crippen LogP contribution in [0.5, 0.6) is 0 Å². The first kappa shape index (κ1) is 31.2. The van der Waals surface area contributed by atoms with Crippen LogP contribution in [0.25, 0.3) is 0 Å². The lowest BCUT2D eigenvalue weighted by Gasteiger charge is -2.38. The van der Waals surface area contributed by atoms with Crippen molar-refractivity contribution in [3.8, 4) is 0 Å². The van der Waals surface area contributed by atoms with Crippen molar-refractivity contribution in [2.45, 2.75) is 96.4 Å². The summed E-state index contributed by atoms with van der Waals surface area (Å²) in [5.41, 5.74) is 0. The molecular formula is C19H44O8S2Si2. The van der Waals surface area contributed by atoms with Crippen molar-refractivity contribution in [1.82, 2.24) is 0 Å². The van der Waals surface area contributed by atoms with Crippen molar-refractivity contribution in [3.05, 3.63) is 0 Å². The minimum absolute atomic E-state index is 0.00336. The third-order valence-electron chi connectivity index (χ3n) is 6.02. The molecule has 0 amide bonds. The highest BCUT2D eigenvalue weighted by atomic mass is 32.2. The highest BCUT2D eigenvalue weighted by molar-refractivity contribution is 7.86. The molecule has 2 atom stereocenters. The molecule has 0 aromatic heterocycles. The summed E-state index contributed by atoms with van der Waals surface area (Å²) in [5, 5.41) is -0.145. The van der Waals surface area contributed by atoms with Gasteiger partial charge >= 0.3 is 0 Å². The van der Waals surface area contributed by atoms with Crippen LogP contribution in [0.2, 0.25) is 36.3 Å². The van der Waals surface area contributed by atoms with Crippen LogP contribution in [0.1, 0.15) is 48.0 Å². The monoisotopic (exact) mass is 520 g/mol. The molecule has 0 unspecified atom stereocenters. The van der Waals surface area contributed by atoms with Crippen molar-refractivity contribution >= 4 is 36.9 Å². The summed E-state index contributed by atoms with van der Waals surface area (Å²) in [6.45, 7) is 20.7. The predicted octanol–water partition coefficient (Wildman–Crippen LogP) is 4.11. The van der Waals surface area contributed by atoms with E-state index in [-0.39, 0.29) is 29.7 Å². The Morgan fingerprint density at radius 1 is 0.645 bits per heavy atom. The van der Waals surface area contributed by atoms with Crippen LogP contribution in [-0.2, 0) is 37.5 Å². The minimum atomic E-state index is -3.78. The van der Waals surface area contributed by atoms with Gasteiger partial charge < -0.3 is 8.85 Å². The van der Waals surface area contributed by atoms with Crippen LogP contribution in [0.15, 0.2) is 0 Å². The predicted molar refractivity (Wildman–Crippen MR) is 130 cm³/mol. The van der Waals surface area contributed by atoms with Gasteiger partial charge in [0.15, 0.2) is 16.6 Å². The fourth-order valence-electron chi connectivity index (χ4n) is 2.09. The Bertz CT molecular complexity index is 713. The highest BCUT2D eigenvalue weighted by Gasteiger charge is 2.40. The lowest BCUT2D eigenvalue weighted by molar-refractivity contribution is 0.0531. The van der Waals surface area contributed by atoms with Gasteiger partial charge in [0.25, 0.3) is 20.2 Å². The second kappa shape index (κ2) is 10.6. The first-order valence-electron chi connectivity index (χ1n) is 10.4. The molecule has 188 valence electrons. The molecule has 0 aliphatic carbocycles. The summed E-state index contributed by atoms with van der Waals surface area (Å²) in [6, 6.07) is 0. The van der Waals surface area contributed by atoms with Crippen LogP contribution >= 0.6 is 0 Å². The SMILES string of the molecule is CC(C)(C)[Si](C)(C)OC[C@H](C[C@@H](CO[Si](C)(C)C(C)(C)C)OS(C)(=O)=O)OS(C)(=O)=O. The number of rotatable bonds is 12. The molecule has 31 heavy (non-hydrogen) atoms. The molecule has 0 rings (SSSR count). The lowest BCUT2D eigenvalue weighted by Crippen LogP contribution is -2.45. The van der Waals surface area contributed by atoms with Crippen LogP contribution in [0.3, 0.4) is 0 Å². The molecule has 0 bridgehead atoms. The Labute approximate surface area is 192 Å². The van der Waals surface area contributed by atoms with E-state index in [0.29, 0.717) is 0 Å². The molecule has 0 radical (unpaired) electrons. The van der Waals surface area contributed by atoms with Gasteiger partial charge in [-0.25, -0.2) is 0 Å². The van der Waals surface area contributed by atoms with E-state index < -0.39 is 49.1 Å². The van der Waals surface area contributed by atoms with E-state index in [1.807, 2.05) is 0 Å². The zero-order valence-corrected chi connectivity index (χ0v) is 25.0. The standard InChI is InChI=1S/C19H44O8S2Si2/c1-18(2,3)30(9,10)24-14-16(26-28(7,20)21)13-17(27-29(8,22)23)15-25-31(11,12)19(4,5)6/h16-17H,13-15H2,1-12H3/t16-,17-/m0/s1. The van der Waals surface area contributed by atoms with Crippen molar-refractivity contribution in [1.29, 1.82) is 0 Å². The van der Waals surface area contributed by atoms with Gasteiger partial charge in [0.05, 0.1) is 25.7 Å². The average Bonchev–Trinajstić information content (AvgIpc) is 2.45. The van der Waals surface area contributed by atoms with Crippen LogP contribution in [0, 0.1) is 0 Å². The maximum Gasteiger partial charge on any atom is 0.264 e. The molecule has 0 aromatic carbocycles. The molecule has 0 saturated carbocycles. The molecule has 12 heteroatoms. The van der Waals surface area contributed by atoms with Gasteiger partial charge in [-0.2, -0.15) is 16.8 Å². The number of hydrogen-bond donors (Lipinski definition) is 0. The van der Waals surface area contributed by atoms with Crippen molar-refractivity contribution in [2.24, 2.45) is 0 Å². The second-order valence-electron chi connectivity index (χ2n) is 11.2. The first-order valence-corrected chi connectivity index (χ1v) is 19.9. The molecule has 0 aliphatic heterocycles. The van der Waals surface area contributed by atoms with E-state index in [1.165, 1.54) is 0 Å². The third kappa shape index (κ3) is 12.3. The van der Waals surface area contributed by atoms with Gasteiger partial charge in [0, 0.05) is 6.42 Å². The minimum Gasteiger partial charge on any atom is -0.414 e. The molecule has 0 saturated heterocycles. The van der Waals surface area contributed by atoms with Crippen LogP contribution < -0.4 is 0 Å². The van der Waals surface area contributed by atoms with Crippen molar-refractivity contribution in [3.63, 3.8) is 0 Å². The molecule has 0 spiro atoms. The summed E-state index contributed by atoms with van der Waals surface area (Å²) < 4.78 is 70.1. The summed E-state index contributed by atoms with van der Waals surface area (Å²) >= 11 is 0. The van der Waals surface area contributed by atoms with Gasteiger partial charge in [-0.15, -0.1) is 0 Å². The zero-order valence-electron chi connectivity index (χ0n) is 21.4. The fourth-order valence-corrected chi connectivity index (χ4v) is 5.42. The van der Waals surface area contributed by atoms with Crippen molar-refractivity contribution < 1.29 is 34.1 Å². The van der Waals surface area contributed by atoms with Crippen LogP contribution in [-0.4, -0.2) is 71.4 Å². The van der Waals surface area contributed by atoms with Gasteiger partial charge in [-0.3, -0.25) is 8.37 Å². The summed E-state index contributed by atoms with van der Waals surface area (Å²) in [6.07, 6.45) is 0.150. The smallest absolute Gasteiger partial charge is 0.264 e. The van der Waals surface area contributed by atoms with Gasteiger partial charge in [-0.1, -0.05) is 41.5 Å². The van der Waals surface area contributed by atoms with E-state index >= 15 is 0 Å². The molecule has 8 nitrogen and oxygen atoms in total. The second-order valence-corrected chi connectivity index (χ2v) is 24.0.